The van der Waals surface area contributed by atoms with Crippen LogP contribution in [0, 0.1) is 24.9 Å². The normalized spacial score (nSPS) is 18.7. The van der Waals surface area contributed by atoms with Crippen molar-refractivity contribution < 1.29 is 32.7 Å². The Bertz CT molecular complexity index is 2280. The second-order valence-corrected chi connectivity index (χ2v) is 19.5. The van der Waals surface area contributed by atoms with Crippen molar-refractivity contribution in [1.82, 2.24) is 15.0 Å². The van der Waals surface area contributed by atoms with E-state index < -0.39 is 27.2 Å². The van der Waals surface area contributed by atoms with Gasteiger partial charge in [0, 0.05) is 51.8 Å². The molecule has 2 fully saturated rings. The van der Waals surface area contributed by atoms with Crippen LogP contribution in [0.2, 0.25) is 19.6 Å². The number of aryl methyl sites for hydroxylation is 1. The van der Waals surface area contributed by atoms with Crippen LogP contribution in [-0.4, -0.2) is 23.0 Å². The fourth-order valence-electron chi connectivity index (χ4n) is 7.21. The number of pyridine rings is 3. The van der Waals surface area contributed by atoms with Gasteiger partial charge in [-0.3, -0.25) is 0 Å². The standard InChI is InChI=1S/C23H21N2O.C21H28NSi.Ir/c1-15-10-11-19-18-8-5-9-20(22(18)26-23(19)25-15)21-14-17(12-13-24-21)16-6-3-2-4-7-16;1-23(2,3)21-16-22-20(18-12-8-5-9-13-18)15-19(21)14-17-10-6-4-7-11-17;/h5,8,10-14,16H,2-4,6-7H2,1H3;5,8-9,12,15-17H,4,6-7,10-11,14H2,1-3H3;/q2*-1;/i1D3,16D;14D2;. The average Bonchev–Trinajstić information content (AvgIpc) is 3.57. The Labute approximate surface area is 321 Å². The molecule has 0 unspecified atom stereocenters. The molecular formula is C44H49IrN3OSi-2. The van der Waals surface area contributed by atoms with E-state index >= 15 is 0 Å². The van der Waals surface area contributed by atoms with Crippen LogP contribution in [0.4, 0.5) is 0 Å². The average molecular weight is 862 g/mol. The van der Waals surface area contributed by atoms with Crippen LogP contribution >= 0.6 is 0 Å². The molecule has 8 rings (SSSR count). The Morgan fingerprint density at radius 3 is 2.40 bits per heavy atom. The summed E-state index contributed by atoms with van der Waals surface area (Å²) >= 11 is 0. The Hall–Kier alpha value is -3.44. The number of nitrogens with zero attached hydrogens (tertiary/aromatic N) is 3. The minimum atomic E-state index is -2.29. The molecule has 6 heteroatoms. The summed E-state index contributed by atoms with van der Waals surface area (Å²) in [5.41, 5.74) is 5.88. The molecule has 6 aromatic rings. The van der Waals surface area contributed by atoms with Gasteiger partial charge in [-0.15, -0.1) is 54.1 Å². The van der Waals surface area contributed by atoms with E-state index in [-0.39, 0.29) is 31.7 Å². The van der Waals surface area contributed by atoms with Gasteiger partial charge in [0.25, 0.3) is 0 Å². The number of furan rings is 1. The molecule has 50 heavy (non-hydrogen) atoms. The van der Waals surface area contributed by atoms with E-state index in [9.17, 15) is 0 Å². The van der Waals surface area contributed by atoms with Crippen molar-refractivity contribution >= 4 is 35.3 Å². The van der Waals surface area contributed by atoms with Crippen LogP contribution in [0.3, 0.4) is 0 Å². The fourth-order valence-corrected chi connectivity index (χ4v) is 8.61. The second-order valence-electron chi connectivity index (χ2n) is 14.5. The third-order valence-corrected chi connectivity index (χ3v) is 11.9. The zero-order valence-corrected chi connectivity index (χ0v) is 32.6. The van der Waals surface area contributed by atoms with Crippen molar-refractivity contribution in [3.8, 4) is 22.5 Å². The molecule has 2 aliphatic rings. The molecular weight excluding hydrogens is 807 g/mol. The molecule has 0 bridgehead atoms. The largest absolute Gasteiger partial charge is 0.486 e. The molecule has 2 aliphatic carbocycles. The van der Waals surface area contributed by atoms with Gasteiger partial charge in [0.1, 0.15) is 0 Å². The fraction of sp³-hybridized carbons (Fsp3) is 0.386. The number of fused-ring (bicyclic) bond motifs is 3. The quantitative estimate of drug-likeness (QED) is 0.124. The maximum atomic E-state index is 8.99. The van der Waals surface area contributed by atoms with E-state index in [0.29, 0.717) is 22.6 Å². The summed E-state index contributed by atoms with van der Waals surface area (Å²) in [6.07, 6.45) is 13.0. The van der Waals surface area contributed by atoms with Crippen LogP contribution in [0.15, 0.2) is 83.5 Å². The van der Waals surface area contributed by atoms with Gasteiger partial charge >= 0.3 is 0 Å². The molecule has 2 saturated carbocycles. The molecule has 1 radical (unpaired) electrons. The van der Waals surface area contributed by atoms with Crippen molar-refractivity contribution in [3.63, 3.8) is 0 Å². The first kappa shape index (κ1) is 29.2. The summed E-state index contributed by atoms with van der Waals surface area (Å²) in [5.74, 6) is -0.459. The summed E-state index contributed by atoms with van der Waals surface area (Å²) in [4.78, 5) is 13.4. The van der Waals surface area contributed by atoms with Gasteiger partial charge in [-0.2, -0.15) is 0 Å². The smallest absolute Gasteiger partial charge is 0.216 e. The minimum absolute atomic E-state index is 0. The van der Waals surface area contributed by atoms with Crippen LogP contribution in [0.1, 0.15) is 95.1 Å². The maximum Gasteiger partial charge on any atom is 0.216 e. The Morgan fingerprint density at radius 2 is 1.66 bits per heavy atom. The molecule has 0 atom stereocenters. The third-order valence-electron chi connectivity index (χ3n) is 9.84. The predicted octanol–water partition coefficient (Wildman–Crippen LogP) is 11.4. The number of hydrogen-bond donors (Lipinski definition) is 0. The molecule has 4 aromatic heterocycles. The monoisotopic (exact) mass is 862 g/mol. The van der Waals surface area contributed by atoms with Crippen molar-refractivity contribution in [2.45, 2.75) is 103 Å². The number of benzene rings is 2. The third kappa shape index (κ3) is 8.36. The molecule has 0 aliphatic heterocycles. The Morgan fingerprint density at radius 1 is 0.860 bits per heavy atom. The Kier molecular flexibility index (Phi) is 9.49. The van der Waals surface area contributed by atoms with Gasteiger partial charge < -0.3 is 14.4 Å². The van der Waals surface area contributed by atoms with Crippen molar-refractivity contribution in [3.05, 3.63) is 108 Å². The van der Waals surface area contributed by atoms with Crippen molar-refractivity contribution in [1.29, 1.82) is 0 Å². The van der Waals surface area contributed by atoms with E-state index in [2.05, 4.69) is 46.7 Å². The van der Waals surface area contributed by atoms with Gasteiger partial charge in [-0.05, 0) is 72.7 Å². The first-order chi connectivity index (χ1) is 26.1. The van der Waals surface area contributed by atoms with Gasteiger partial charge in [-0.1, -0.05) is 105 Å². The SMILES string of the molecule is [2H]C([2H])([2H])c1ccc2c(n1)oc1c(-c3cc(C4([2H])CCCCC4)ccn3)[c-]ccc12.[2H]C([2H])(c1cc(-c2[c-]cccc2)ncc1[Si](C)(C)C)C1CCCCC1.[Ir]. The molecule has 4 heterocycles. The van der Waals surface area contributed by atoms with Crippen LogP contribution in [0.25, 0.3) is 44.6 Å². The number of aromatic nitrogens is 3. The van der Waals surface area contributed by atoms with E-state index in [1.54, 1.807) is 12.3 Å². The Balaban J connectivity index is 0.000000190. The second kappa shape index (κ2) is 16.3. The minimum Gasteiger partial charge on any atom is -0.486 e. The summed E-state index contributed by atoms with van der Waals surface area (Å²) in [6.45, 7) is 4.54. The molecule has 261 valence electrons. The first-order valence-electron chi connectivity index (χ1n) is 20.8. The summed E-state index contributed by atoms with van der Waals surface area (Å²) < 4.78 is 55.7. The number of rotatable bonds is 6. The number of hydrogen-bond acceptors (Lipinski definition) is 4. The van der Waals surface area contributed by atoms with Gasteiger partial charge in [0.15, 0.2) is 0 Å². The molecule has 2 aromatic carbocycles. The van der Waals surface area contributed by atoms with Gasteiger partial charge in [0.05, 0.1) is 13.7 Å². The van der Waals surface area contributed by atoms with Crippen LogP contribution < -0.4 is 5.19 Å². The molecule has 0 saturated heterocycles. The van der Waals surface area contributed by atoms with E-state index in [0.717, 1.165) is 89.7 Å². The van der Waals surface area contributed by atoms with E-state index in [1.807, 2.05) is 60.8 Å². The molecule has 0 N–H and O–H groups in total. The van der Waals surface area contributed by atoms with Crippen LogP contribution in [-0.2, 0) is 26.5 Å². The summed E-state index contributed by atoms with van der Waals surface area (Å²) in [5, 5.41) is 2.75. The predicted molar refractivity (Wildman–Crippen MR) is 206 cm³/mol. The van der Waals surface area contributed by atoms with Crippen LogP contribution in [0.5, 0.6) is 0 Å². The maximum absolute atomic E-state index is 8.99. The topological polar surface area (TPSA) is 51.8 Å². The first-order valence-corrected chi connectivity index (χ1v) is 21.3. The molecule has 0 spiro atoms. The molecule has 0 amide bonds. The van der Waals surface area contributed by atoms with E-state index in [4.69, 9.17) is 12.6 Å². The van der Waals surface area contributed by atoms with Gasteiger partial charge in [0.2, 0.25) is 5.71 Å². The zero-order valence-electron chi connectivity index (χ0n) is 35.2. The van der Waals surface area contributed by atoms with Gasteiger partial charge in [-0.25, -0.2) is 4.98 Å². The summed E-state index contributed by atoms with van der Waals surface area (Å²) in [6, 6.07) is 27.1. The van der Waals surface area contributed by atoms with E-state index in [1.165, 1.54) is 18.9 Å². The molecule has 4 nitrogen and oxygen atoms in total. The zero-order chi connectivity index (χ0) is 39.0. The van der Waals surface area contributed by atoms with Crippen molar-refractivity contribution in [2.75, 3.05) is 0 Å². The summed E-state index contributed by atoms with van der Waals surface area (Å²) in [7, 11) is -1.69. The van der Waals surface area contributed by atoms with Crippen molar-refractivity contribution in [2.24, 2.45) is 5.92 Å².